The van der Waals surface area contributed by atoms with Crippen molar-refractivity contribution in [3.8, 4) is 17.0 Å². The lowest BCUT2D eigenvalue weighted by molar-refractivity contribution is -0.137. The molecular formula is C23H18F3N5O4S. The quantitative estimate of drug-likeness (QED) is 0.262. The first kappa shape index (κ1) is 24.7. The number of pyridine rings is 1. The zero-order chi connectivity index (χ0) is 26.0. The van der Waals surface area contributed by atoms with E-state index < -0.39 is 28.5 Å². The molecule has 0 fully saturated rings. The standard InChI is InChI=1S/C23H18F3N5O4S/c1-30-13-18(12-28-30)31(36(34)35)20-10-17(7-9-21(20)32)29-22(33)15-4-8-19(27-11-15)14-2-5-16(6-3-14)23(24,25)26/h2-13,32,36H,1H3,(H,29,33). The number of thiol groups is 1. The Hall–Kier alpha value is -4.39. The van der Waals surface area contributed by atoms with Crippen LogP contribution in [0.3, 0.4) is 0 Å². The summed E-state index contributed by atoms with van der Waals surface area (Å²) in [5.74, 6) is -0.906. The zero-order valence-corrected chi connectivity index (χ0v) is 19.4. The number of alkyl halides is 3. The van der Waals surface area contributed by atoms with Gasteiger partial charge in [-0.3, -0.25) is 14.5 Å². The summed E-state index contributed by atoms with van der Waals surface area (Å²) in [4.78, 5) is 16.9. The lowest BCUT2D eigenvalue weighted by atomic mass is 10.1. The maximum atomic E-state index is 12.8. The van der Waals surface area contributed by atoms with Gasteiger partial charge in [-0.15, -0.1) is 0 Å². The number of phenolic OH excluding ortho intramolecular Hbond substituents is 1. The van der Waals surface area contributed by atoms with E-state index in [2.05, 4.69) is 15.4 Å². The number of carbonyl (C=O) groups is 1. The van der Waals surface area contributed by atoms with E-state index in [4.69, 9.17) is 0 Å². The number of aromatic hydroxyl groups is 1. The molecule has 0 aliphatic heterocycles. The number of hydrogen-bond acceptors (Lipinski definition) is 6. The van der Waals surface area contributed by atoms with Crippen molar-refractivity contribution in [3.05, 3.63) is 84.3 Å². The van der Waals surface area contributed by atoms with E-state index in [1.54, 1.807) is 7.05 Å². The highest BCUT2D eigenvalue weighted by atomic mass is 32.2. The number of aromatic nitrogens is 3. The summed E-state index contributed by atoms with van der Waals surface area (Å²) in [6.45, 7) is 0. The normalized spacial score (nSPS) is 11.5. The van der Waals surface area contributed by atoms with Crippen LogP contribution in [-0.2, 0) is 24.1 Å². The number of rotatable bonds is 6. The topological polar surface area (TPSA) is 117 Å². The number of carbonyl (C=O) groups excluding carboxylic acids is 1. The number of benzene rings is 2. The number of nitrogens with one attached hydrogen (secondary N) is 1. The molecule has 0 atom stereocenters. The minimum absolute atomic E-state index is 0.0901. The van der Waals surface area contributed by atoms with Gasteiger partial charge < -0.3 is 10.4 Å². The maximum absolute atomic E-state index is 12.8. The highest BCUT2D eigenvalue weighted by Gasteiger charge is 2.30. The highest BCUT2D eigenvalue weighted by Crippen LogP contribution is 2.35. The van der Waals surface area contributed by atoms with Crippen LogP contribution in [0, 0.1) is 0 Å². The lowest BCUT2D eigenvalue weighted by Gasteiger charge is -2.18. The SMILES string of the molecule is Cn1cc(N(c2cc(NC(=O)c3ccc(-c4ccc(C(F)(F)F)cc4)nc3)ccc2O)[SH](=O)=O)cn1. The minimum atomic E-state index is -4.44. The zero-order valence-electron chi connectivity index (χ0n) is 18.5. The van der Waals surface area contributed by atoms with Crippen LogP contribution in [0.2, 0.25) is 0 Å². The average molecular weight is 517 g/mol. The van der Waals surface area contributed by atoms with Gasteiger partial charge in [0.05, 0.1) is 28.7 Å². The Kier molecular flexibility index (Phi) is 6.66. The molecular weight excluding hydrogens is 499 g/mol. The number of nitrogens with zero attached hydrogens (tertiary/aromatic N) is 4. The second-order valence-corrected chi connectivity index (χ2v) is 8.46. The Labute approximate surface area is 204 Å². The summed E-state index contributed by atoms with van der Waals surface area (Å²) in [5.41, 5.74) is 0.492. The van der Waals surface area contributed by atoms with Crippen molar-refractivity contribution in [2.45, 2.75) is 6.18 Å². The van der Waals surface area contributed by atoms with E-state index in [9.17, 15) is 31.5 Å². The summed E-state index contributed by atoms with van der Waals surface area (Å²) < 4.78 is 64.3. The molecule has 36 heavy (non-hydrogen) atoms. The van der Waals surface area contributed by atoms with Crippen molar-refractivity contribution >= 4 is 33.9 Å². The summed E-state index contributed by atoms with van der Waals surface area (Å²) in [7, 11) is -1.59. The second-order valence-electron chi connectivity index (χ2n) is 7.59. The van der Waals surface area contributed by atoms with Crippen LogP contribution in [0.15, 0.2) is 73.2 Å². The molecule has 1 amide bonds. The van der Waals surface area contributed by atoms with Crippen molar-refractivity contribution in [2.24, 2.45) is 7.05 Å². The predicted octanol–water partition coefficient (Wildman–Crippen LogP) is 4.12. The van der Waals surface area contributed by atoms with Crippen LogP contribution in [0.4, 0.5) is 30.2 Å². The summed E-state index contributed by atoms with van der Waals surface area (Å²) in [6, 6.07) is 11.3. The molecule has 2 aromatic carbocycles. The van der Waals surface area contributed by atoms with Gasteiger partial charge in [0.2, 0.25) is 10.9 Å². The van der Waals surface area contributed by atoms with E-state index in [-0.39, 0.29) is 28.4 Å². The number of anilines is 3. The van der Waals surface area contributed by atoms with Crippen molar-refractivity contribution < 1.29 is 31.5 Å². The third-order valence-electron chi connectivity index (χ3n) is 5.09. The van der Waals surface area contributed by atoms with Crippen molar-refractivity contribution in [1.29, 1.82) is 0 Å². The molecule has 2 aromatic heterocycles. The first-order valence-electron chi connectivity index (χ1n) is 10.2. The molecule has 0 aliphatic rings. The Morgan fingerprint density at radius 2 is 1.78 bits per heavy atom. The first-order valence-corrected chi connectivity index (χ1v) is 11.4. The van der Waals surface area contributed by atoms with E-state index in [1.165, 1.54) is 65.7 Å². The van der Waals surface area contributed by atoms with Gasteiger partial charge >= 0.3 is 6.18 Å². The molecule has 0 saturated heterocycles. The van der Waals surface area contributed by atoms with Crippen molar-refractivity contribution in [2.75, 3.05) is 9.62 Å². The number of amides is 1. The highest BCUT2D eigenvalue weighted by molar-refractivity contribution is 7.74. The van der Waals surface area contributed by atoms with Gasteiger partial charge in [-0.2, -0.15) is 18.3 Å². The summed E-state index contributed by atoms with van der Waals surface area (Å²) >= 11 is 0. The molecule has 0 bridgehead atoms. The minimum Gasteiger partial charge on any atom is -0.506 e. The molecule has 0 aliphatic carbocycles. The molecule has 4 rings (SSSR count). The van der Waals surface area contributed by atoms with Crippen LogP contribution in [-0.4, -0.2) is 34.2 Å². The molecule has 2 heterocycles. The lowest BCUT2D eigenvalue weighted by Crippen LogP contribution is -2.16. The van der Waals surface area contributed by atoms with Gasteiger partial charge in [-0.25, -0.2) is 12.7 Å². The van der Waals surface area contributed by atoms with Gasteiger partial charge in [0.15, 0.2) is 0 Å². The second kappa shape index (κ2) is 9.70. The third kappa shape index (κ3) is 5.30. The largest absolute Gasteiger partial charge is 0.506 e. The Bertz CT molecular complexity index is 1480. The number of aryl methyl sites for hydroxylation is 1. The first-order chi connectivity index (χ1) is 17.0. The van der Waals surface area contributed by atoms with E-state index in [0.29, 0.717) is 11.3 Å². The van der Waals surface area contributed by atoms with E-state index in [1.807, 2.05) is 0 Å². The molecule has 0 saturated carbocycles. The molecule has 0 spiro atoms. The number of halogens is 3. The van der Waals surface area contributed by atoms with Crippen LogP contribution in [0.1, 0.15) is 15.9 Å². The fraction of sp³-hybridized carbons (Fsp3) is 0.0870. The van der Waals surface area contributed by atoms with E-state index >= 15 is 0 Å². The summed E-state index contributed by atoms with van der Waals surface area (Å²) in [6.07, 6.45) is -0.431. The molecule has 9 nitrogen and oxygen atoms in total. The van der Waals surface area contributed by atoms with Crippen LogP contribution < -0.4 is 9.62 Å². The fourth-order valence-electron chi connectivity index (χ4n) is 3.34. The van der Waals surface area contributed by atoms with Crippen LogP contribution in [0.25, 0.3) is 11.3 Å². The van der Waals surface area contributed by atoms with Crippen molar-refractivity contribution in [3.63, 3.8) is 0 Å². The monoisotopic (exact) mass is 517 g/mol. The van der Waals surface area contributed by atoms with Gasteiger partial charge in [0, 0.05) is 30.7 Å². The van der Waals surface area contributed by atoms with Crippen molar-refractivity contribution in [1.82, 2.24) is 14.8 Å². The Balaban J connectivity index is 1.53. The third-order valence-corrected chi connectivity index (χ3v) is 5.87. The number of phenols is 1. The maximum Gasteiger partial charge on any atom is 0.416 e. The molecule has 2 N–H and O–H groups in total. The van der Waals surface area contributed by atoms with E-state index in [0.717, 1.165) is 16.4 Å². The van der Waals surface area contributed by atoms with Gasteiger partial charge in [0.1, 0.15) is 11.4 Å². The van der Waals surface area contributed by atoms with Crippen LogP contribution in [0.5, 0.6) is 5.75 Å². The molecule has 186 valence electrons. The molecule has 0 unspecified atom stereocenters. The Morgan fingerprint density at radius 1 is 1.06 bits per heavy atom. The Morgan fingerprint density at radius 3 is 2.33 bits per heavy atom. The molecule has 0 radical (unpaired) electrons. The summed E-state index contributed by atoms with van der Waals surface area (Å²) in [5, 5.41) is 16.8. The predicted molar refractivity (Wildman–Crippen MR) is 126 cm³/mol. The smallest absolute Gasteiger partial charge is 0.416 e. The fourth-order valence-corrected chi connectivity index (χ4v) is 3.97. The van der Waals surface area contributed by atoms with Gasteiger partial charge in [0.25, 0.3) is 5.91 Å². The molecule has 13 heteroatoms. The number of hydrogen-bond donors (Lipinski definition) is 3. The average Bonchev–Trinajstić information content (AvgIpc) is 3.26. The molecule has 4 aromatic rings. The van der Waals surface area contributed by atoms with Gasteiger partial charge in [-0.05, 0) is 42.5 Å². The van der Waals surface area contributed by atoms with Gasteiger partial charge in [-0.1, -0.05) is 12.1 Å². The van der Waals surface area contributed by atoms with Crippen LogP contribution >= 0.6 is 0 Å².